The van der Waals surface area contributed by atoms with E-state index in [4.69, 9.17) is 4.74 Å². The molecule has 118 valence electrons. The lowest BCUT2D eigenvalue weighted by atomic mass is 10.2. The van der Waals surface area contributed by atoms with Crippen LogP contribution in [0.15, 0.2) is 24.3 Å². The zero-order valence-corrected chi connectivity index (χ0v) is 13.0. The summed E-state index contributed by atoms with van der Waals surface area (Å²) in [7, 11) is 0. The lowest BCUT2D eigenvalue weighted by Crippen LogP contribution is -2.32. The van der Waals surface area contributed by atoms with E-state index in [1.54, 1.807) is 12.1 Å². The normalized spacial score (nSPS) is 10.5. The standard InChI is InChI=1S/C16H20FN3O2/c1-11-12(2)19-20(13(11)3)9-8-18-16(21)10-22-15-7-5-4-6-14(15)17/h4-7H,8-10H2,1-3H3,(H,18,21). The Bertz CT molecular complexity index is 667. The lowest BCUT2D eigenvalue weighted by Gasteiger charge is -2.09. The zero-order chi connectivity index (χ0) is 16.1. The van der Waals surface area contributed by atoms with Crippen molar-refractivity contribution in [3.05, 3.63) is 47.0 Å². The van der Waals surface area contributed by atoms with Gasteiger partial charge in [0.15, 0.2) is 18.2 Å². The van der Waals surface area contributed by atoms with Crippen LogP contribution in [0.5, 0.6) is 5.75 Å². The van der Waals surface area contributed by atoms with Crippen molar-refractivity contribution in [1.29, 1.82) is 0 Å². The van der Waals surface area contributed by atoms with Gasteiger partial charge in [-0.25, -0.2) is 4.39 Å². The molecule has 0 aliphatic carbocycles. The van der Waals surface area contributed by atoms with Crippen LogP contribution in [-0.2, 0) is 11.3 Å². The minimum Gasteiger partial charge on any atom is -0.481 e. The lowest BCUT2D eigenvalue weighted by molar-refractivity contribution is -0.123. The van der Waals surface area contributed by atoms with Crippen LogP contribution in [0.2, 0.25) is 0 Å². The first-order valence-electron chi connectivity index (χ1n) is 7.13. The molecule has 1 N–H and O–H groups in total. The van der Waals surface area contributed by atoms with E-state index in [2.05, 4.69) is 10.4 Å². The molecule has 1 aromatic heterocycles. The molecular weight excluding hydrogens is 285 g/mol. The molecule has 0 atom stereocenters. The van der Waals surface area contributed by atoms with E-state index >= 15 is 0 Å². The van der Waals surface area contributed by atoms with Gasteiger partial charge in [0.05, 0.1) is 12.2 Å². The van der Waals surface area contributed by atoms with Gasteiger partial charge in [-0.2, -0.15) is 5.10 Å². The monoisotopic (exact) mass is 305 g/mol. The van der Waals surface area contributed by atoms with Crippen molar-refractivity contribution in [2.24, 2.45) is 0 Å². The van der Waals surface area contributed by atoms with Gasteiger partial charge in [-0.3, -0.25) is 9.48 Å². The molecule has 6 heteroatoms. The number of hydrogen-bond donors (Lipinski definition) is 1. The topological polar surface area (TPSA) is 56.2 Å². The summed E-state index contributed by atoms with van der Waals surface area (Å²) in [5, 5.41) is 7.13. The van der Waals surface area contributed by atoms with Crippen LogP contribution in [0.4, 0.5) is 4.39 Å². The molecule has 22 heavy (non-hydrogen) atoms. The van der Waals surface area contributed by atoms with Crippen molar-refractivity contribution >= 4 is 5.91 Å². The molecule has 0 fully saturated rings. The number of benzene rings is 1. The number of carbonyl (C=O) groups excluding carboxylic acids is 1. The Kier molecular flexibility index (Phi) is 5.14. The van der Waals surface area contributed by atoms with Gasteiger partial charge >= 0.3 is 0 Å². The van der Waals surface area contributed by atoms with Gasteiger partial charge in [0.25, 0.3) is 5.91 Å². The summed E-state index contributed by atoms with van der Waals surface area (Å²) < 4.78 is 20.3. The molecular formula is C16H20FN3O2. The van der Waals surface area contributed by atoms with Gasteiger partial charge in [-0.05, 0) is 38.5 Å². The molecule has 5 nitrogen and oxygen atoms in total. The summed E-state index contributed by atoms with van der Waals surface area (Å²) in [4.78, 5) is 11.7. The molecule has 0 aliphatic rings. The van der Waals surface area contributed by atoms with Crippen LogP contribution in [-0.4, -0.2) is 28.8 Å². The van der Waals surface area contributed by atoms with Gasteiger partial charge in [0.2, 0.25) is 0 Å². The van der Waals surface area contributed by atoms with E-state index in [9.17, 15) is 9.18 Å². The first kappa shape index (κ1) is 16.0. The molecule has 1 aromatic carbocycles. The van der Waals surface area contributed by atoms with Crippen molar-refractivity contribution in [2.45, 2.75) is 27.3 Å². The minimum atomic E-state index is -0.478. The van der Waals surface area contributed by atoms with Crippen LogP contribution in [0, 0.1) is 26.6 Å². The number of nitrogens with one attached hydrogen (secondary N) is 1. The highest BCUT2D eigenvalue weighted by molar-refractivity contribution is 5.77. The summed E-state index contributed by atoms with van der Waals surface area (Å²) in [5.41, 5.74) is 3.25. The summed E-state index contributed by atoms with van der Waals surface area (Å²) in [6.07, 6.45) is 0. The quantitative estimate of drug-likeness (QED) is 0.889. The number of aryl methyl sites for hydroxylation is 1. The number of nitrogens with zero attached hydrogens (tertiary/aromatic N) is 2. The number of amides is 1. The van der Waals surface area contributed by atoms with Crippen molar-refractivity contribution in [3.8, 4) is 5.75 Å². The molecule has 0 spiro atoms. The van der Waals surface area contributed by atoms with Crippen LogP contribution < -0.4 is 10.1 Å². The third-order valence-electron chi connectivity index (χ3n) is 3.58. The van der Waals surface area contributed by atoms with Gasteiger partial charge < -0.3 is 10.1 Å². The second-order valence-corrected chi connectivity index (χ2v) is 5.09. The Morgan fingerprint density at radius 2 is 2.05 bits per heavy atom. The van der Waals surface area contributed by atoms with Gasteiger partial charge in [-0.1, -0.05) is 12.1 Å². The van der Waals surface area contributed by atoms with E-state index in [0.29, 0.717) is 13.1 Å². The van der Waals surface area contributed by atoms with E-state index in [0.717, 1.165) is 17.0 Å². The number of para-hydroxylation sites is 1. The fourth-order valence-corrected chi connectivity index (χ4v) is 2.06. The SMILES string of the molecule is Cc1nn(CCNC(=O)COc2ccccc2F)c(C)c1C. The summed E-state index contributed by atoms with van der Waals surface area (Å²) >= 11 is 0. The summed E-state index contributed by atoms with van der Waals surface area (Å²) in [6.45, 7) is 6.80. The van der Waals surface area contributed by atoms with Crippen LogP contribution >= 0.6 is 0 Å². The zero-order valence-electron chi connectivity index (χ0n) is 13.0. The molecule has 0 radical (unpaired) electrons. The van der Waals surface area contributed by atoms with Gasteiger partial charge in [0, 0.05) is 12.2 Å². The fraction of sp³-hybridized carbons (Fsp3) is 0.375. The predicted octanol–water partition coefficient (Wildman–Crippen LogP) is 2.14. The maximum absolute atomic E-state index is 13.3. The smallest absolute Gasteiger partial charge is 0.258 e. The highest BCUT2D eigenvalue weighted by Gasteiger charge is 2.08. The van der Waals surface area contributed by atoms with Gasteiger partial charge in [0.1, 0.15) is 0 Å². The van der Waals surface area contributed by atoms with Crippen LogP contribution in [0.1, 0.15) is 17.0 Å². The average Bonchev–Trinajstić information content (AvgIpc) is 2.74. The van der Waals surface area contributed by atoms with Crippen molar-refractivity contribution in [1.82, 2.24) is 15.1 Å². The third-order valence-corrected chi connectivity index (χ3v) is 3.58. The largest absolute Gasteiger partial charge is 0.481 e. The average molecular weight is 305 g/mol. The predicted molar refractivity (Wildman–Crippen MR) is 81.3 cm³/mol. The highest BCUT2D eigenvalue weighted by atomic mass is 19.1. The maximum Gasteiger partial charge on any atom is 0.258 e. The maximum atomic E-state index is 13.3. The number of halogens is 1. The molecule has 0 bridgehead atoms. The number of carbonyl (C=O) groups is 1. The second-order valence-electron chi connectivity index (χ2n) is 5.09. The number of aromatic nitrogens is 2. The minimum absolute atomic E-state index is 0.0758. The summed E-state index contributed by atoms with van der Waals surface area (Å²) in [6, 6.07) is 6.00. The van der Waals surface area contributed by atoms with E-state index in [1.807, 2.05) is 25.5 Å². The van der Waals surface area contributed by atoms with Crippen molar-refractivity contribution in [3.63, 3.8) is 0 Å². The van der Waals surface area contributed by atoms with E-state index in [-0.39, 0.29) is 18.3 Å². The van der Waals surface area contributed by atoms with E-state index in [1.165, 1.54) is 12.1 Å². The fourth-order valence-electron chi connectivity index (χ4n) is 2.06. The Morgan fingerprint density at radius 3 is 2.68 bits per heavy atom. The molecule has 0 unspecified atom stereocenters. The van der Waals surface area contributed by atoms with Gasteiger partial charge in [-0.15, -0.1) is 0 Å². The molecule has 2 aromatic rings. The molecule has 0 saturated heterocycles. The number of ether oxygens (including phenoxy) is 1. The highest BCUT2D eigenvalue weighted by Crippen LogP contribution is 2.14. The number of hydrogen-bond acceptors (Lipinski definition) is 3. The van der Waals surface area contributed by atoms with Crippen molar-refractivity contribution < 1.29 is 13.9 Å². The molecule has 2 rings (SSSR count). The van der Waals surface area contributed by atoms with Crippen LogP contribution in [0.25, 0.3) is 0 Å². The Labute approximate surface area is 129 Å². The van der Waals surface area contributed by atoms with Crippen molar-refractivity contribution in [2.75, 3.05) is 13.2 Å². The van der Waals surface area contributed by atoms with E-state index < -0.39 is 5.82 Å². The first-order chi connectivity index (χ1) is 10.5. The molecule has 1 amide bonds. The first-order valence-corrected chi connectivity index (χ1v) is 7.13. The van der Waals surface area contributed by atoms with Crippen LogP contribution in [0.3, 0.4) is 0 Å². The molecule has 0 aliphatic heterocycles. The summed E-state index contributed by atoms with van der Waals surface area (Å²) in [5.74, 6) is -0.693. The Hall–Kier alpha value is -2.37. The third kappa shape index (κ3) is 3.84. The molecule has 0 saturated carbocycles. The Morgan fingerprint density at radius 1 is 1.32 bits per heavy atom. The Balaban J connectivity index is 1.76. The molecule has 1 heterocycles. The second kappa shape index (κ2) is 7.06. The number of rotatable bonds is 6.